The first-order valence-electron chi connectivity index (χ1n) is 7.16. The molecule has 1 aliphatic rings. The summed E-state index contributed by atoms with van der Waals surface area (Å²) in [5.41, 5.74) is 1.63. The Morgan fingerprint density at radius 3 is 2.88 bits per heavy atom. The van der Waals surface area contributed by atoms with Crippen molar-refractivity contribution in [2.75, 3.05) is 5.32 Å². The zero-order chi connectivity index (χ0) is 17.3. The van der Waals surface area contributed by atoms with Crippen LogP contribution in [-0.4, -0.2) is 17.1 Å². The van der Waals surface area contributed by atoms with Gasteiger partial charge in [-0.2, -0.15) is 0 Å². The van der Waals surface area contributed by atoms with Crippen LogP contribution < -0.4 is 5.32 Å². The average molecular weight is 410 g/mol. The fraction of sp³-hybridized carbons (Fsp3) is 0.176. The number of rotatable bonds is 3. The summed E-state index contributed by atoms with van der Waals surface area (Å²) in [5.74, 6) is -0.964. The van der Waals surface area contributed by atoms with Crippen LogP contribution in [0.3, 0.4) is 0 Å². The van der Waals surface area contributed by atoms with E-state index in [0.717, 1.165) is 4.90 Å². The number of benzene rings is 2. The second kappa shape index (κ2) is 6.94. The molecular formula is C17H13BrFNO3S. The molecular weight excluding hydrogens is 397 g/mol. The Morgan fingerprint density at radius 2 is 2.12 bits per heavy atom. The van der Waals surface area contributed by atoms with Gasteiger partial charge in [-0.05, 0) is 37.3 Å². The Labute approximate surface area is 150 Å². The van der Waals surface area contributed by atoms with Crippen LogP contribution in [0.25, 0.3) is 0 Å². The minimum atomic E-state index is -0.508. The van der Waals surface area contributed by atoms with Crippen molar-refractivity contribution in [1.29, 1.82) is 0 Å². The number of esters is 1. The maximum Gasteiger partial charge on any atom is 0.338 e. The molecule has 0 fully saturated rings. The Bertz CT molecular complexity index is 827. The fourth-order valence-electron chi connectivity index (χ4n) is 2.20. The van der Waals surface area contributed by atoms with Gasteiger partial charge in [-0.3, -0.25) is 4.79 Å². The zero-order valence-corrected chi connectivity index (χ0v) is 15.0. The summed E-state index contributed by atoms with van der Waals surface area (Å²) < 4.78 is 18.9. The number of carbonyl (C=O) groups excluding carboxylic acids is 2. The first kappa shape index (κ1) is 17.0. The quantitative estimate of drug-likeness (QED) is 0.764. The third-order valence-electron chi connectivity index (χ3n) is 3.52. The van der Waals surface area contributed by atoms with E-state index in [2.05, 4.69) is 21.2 Å². The van der Waals surface area contributed by atoms with E-state index in [-0.39, 0.29) is 23.6 Å². The SMILES string of the molecule is C[C@@H]1Sc2ccc(C(=O)OCc3ccc(F)cc3Br)cc2NC1=O. The van der Waals surface area contributed by atoms with Gasteiger partial charge in [-0.25, -0.2) is 9.18 Å². The minimum Gasteiger partial charge on any atom is -0.457 e. The van der Waals surface area contributed by atoms with Gasteiger partial charge in [0.25, 0.3) is 0 Å². The van der Waals surface area contributed by atoms with Gasteiger partial charge in [-0.15, -0.1) is 11.8 Å². The molecule has 1 amide bonds. The normalized spacial score (nSPS) is 16.3. The van der Waals surface area contributed by atoms with Crippen molar-refractivity contribution < 1.29 is 18.7 Å². The molecule has 0 spiro atoms. The van der Waals surface area contributed by atoms with Crippen LogP contribution in [-0.2, 0) is 16.1 Å². The van der Waals surface area contributed by atoms with E-state index in [4.69, 9.17) is 4.74 Å². The van der Waals surface area contributed by atoms with Gasteiger partial charge in [0.2, 0.25) is 5.91 Å². The molecule has 1 heterocycles. The third-order valence-corrected chi connectivity index (χ3v) is 5.44. The van der Waals surface area contributed by atoms with Gasteiger partial charge in [0.15, 0.2) is 0 Å². The van der Waals surface area contributed by atoms with E-state index in [1.807, 2.05) is 6.92 Å². The molecule has 124 valence electrons. The van der Waals surface area contributed by atoms with E-state index in [0.29, 0.717) is 21.3 Å². The molecule has 1 atom stereocenters. The maximum absolute atomic E-state index is 13.1. The van der Waals surface area contributed by atoms with Gasteiger partial charge >= 0.3 is 5.97 Å². The number of anilines is 1. The molecule has 4 nitrogen and oxygen atoms in total. The van der Waals surface area contributed by atoms with Crippen molar-refractivity contribution in [3.8, 4) is 0 Å². The van der Waals surface area contributed by atoms with E-state index in [1.54, 1.807) is 24.3 Å². The lowest BCUT2D eigenvalue weighted by Gasteiger charge is -2.21. The van der Waals surface area contributed by atoms with Crippen molar-refractivity contribution in [3.05, 3.63) is 57.8 Å². The molecule has 0 radical (unpaired) electrons. The van der Waals surface area contributed by atoms with Crippen LogP contribution in [0.4, 0.5) is 10.1 Å². The average Bonchev–Trinajstić information content (AvgIpc) is 2.54. The molecule has 1 N–H and O–H groups in total. The van der Waals surface area contributed by atoms with Crippen LogP contribution in [0.1, 0.15) is 22.8 Å². The second-order valence-electron chi connectivity index (χ2n) is 5.27. The molecule has 2 aromatic carbocycles. The minimum absolute atomic E-state index is 0.0227. The largest absolute Gasteiger partial charge is 0.457 e. The number of ether oxygens (including phenoxy) is 1. The van der Waals surface area contributed by atoms with Gasteiger partial charge < -0.3 is 10.1 Å². The summed E-state index contributed by atoms with van der Waals surface area (Å²) in [6.07, 6.45) is 0. The molecule has 0 aliphatic carbocycles. The van der Waals surface area contributed by atoms with E-state index in [9.17, 15) is 14.0 Å². The summed E-state index contributed by atoms with van der Waals surface area (Å²) in [4.78, 5) is 24.8. The lowest BCUT2D eigenvalue weighted by Crippen LogP contribution is -2.26. The lowest BCUT2D eigenvalue weighted by molar-refractivity contribution is -0.115. The van der Waals surface area contributed by atoms with Gasteiger partial charge in [0.05, 0.1) is 16.5 Å². The van der Waals surface area contributed by atoms with Gasteiger partial charge in [-0.1, -0.05) is 22.0 Å². The Kier molecular flexibility index (Phi) is 4.91. The van der Waals surface area contributed by atoms with Gasteiger partial charge in [0, 0.05) is 14.9 Å². The Morgan fingerprint density at radius 1 is 1.33 bits per heavy atom. The molecule has 7 heteroatoms. The number of hydrogen-bond donors (Lipinski definition) is 1. The molecule has 0 saturated heterocycles. The Balaban J connectivity index is 1.72. The number of fused-ring (bicyclic) bond motifs is 1. The van der Waals surface area contributed by atoms with E-state index < -0.39 is 5.97 Å². The van der Waals surface area contributed by atoms with Crippen LogP contribution in [0, 0.1) is 5.82 Å². The van der Waals surface area contributed by atoms with E-state index in [1.165, 1.54) is 23.9 Å². The van der Waals surface area contributed by atoms with Crippen molar-refractivity contribution >= 4 is 45.3 Å². The van der Waals surface area contributed by atoms with E-state index >= 15 is 0 Å². The standard InChI is InChI=1S/C17H13BrFNO3S/c1-9-16(21)20-14-6-10(3-5-15(14)24-9)17(22)23-8-11-2-4-12(19)7-13(11)18/h2-7,9H,8H2,1H3,(H,20,21)/t9-/m0/s1. The summed E-state index contributed by atoms with van der Waals surface area (Å²) in [6, 6.07) is 9.24. The first-order valence-corrected chi connectivity index (χ1v) is 8.84. The summed E-state index contributed by atoms with van der Waals surface area (Å²) in [7, 11) is 0. The number of amides is 1. The van der Waals surface area contributed by atoms with Crippen molar-refractivity contribution in [2.45, 2.75) is 23.7 Å². The van der Waals surface area contributed by atoms with Crippen LogP contribution in [0.5, 0.6) is 0 Å². The zero-order valence-electron chi connectivity index (χ0n) is 12.6. The third kappa shape index (κ3) is 3.62. The smallest absolute Gasteiger partial charge is 0.338 e. The summed E-state index contributed by atoms with van der Waals surface area (Å²) >= 11 is 4.68. The van der Waals surface area contributed by atoms with Crippen LogP contribution in [0.15, 0.2) is 45.8 Å². The van der Waals surface area contributed by atoms with Crippen molar-refractivity contribution in [3.63, 3.8) is 0 Å². The topological polar surface area (TPSA) is 55.4 Å². The van der Waals surface area contributed by atoms with Crippen molar-refractivity contribution in [2.24, 2.45) is 0 Å². The second-order valence-corrected chi connectivity index (χ2v) is 7.51. The molecule has 1 aliphatic heterocycles. The molecule has 0 unspecified atom stereocenters. The van der Waals surface area contributed by atoms with Crippen LogP contribution in [0.2, 0.25) is 0 Å². The summed E-state index contributed by atoms with van der Waals surface area (Å²) in [5, 5.41) is 2.62. The molecule has 0 saturated carbocycles. The monoisotopic (exact) mass is 409 g/mol. The molecule has 2 aromatic rings. The number of hydrogen-bond acceptors (Lipinski definition) is 4. The number of nitrogens with one attached hydrogen (secondary N) is 1. The number of halogens is 2. The highest BCUT2D eigenvalue weighted by molar-refractivity contribution is 9.10. The molecule has 3 rings (SSSR count). The first-order chi connectivity index (χ1) is 11.4. The predicted octanol–water partition coefficient (Wildman–Crippen LogP) is 4.38. The molecule has 0 aromatic heterocycles. The fourth-order valence-corrected chi connectivity index (χ4v) is 3.60. The lowest BCUT2D eigenvalue weighted by atomic mass is 10.2. The van der Waals surface area contributed by atoms with Crippen LogP contribution >= 0.6 is 27.7 Å². The van der Waals surface area contributed by atoms with Crippen molar-refractivity contribution in [1.82, 2.24) is 0 Å². The Hall–Kier alpha value is -1.86. The highest BCUT2D eigenvalue weighted by atomic mass is 79.9. The highest BCUT2D eigenvalue weighted by Crippen LogP contribution is 2.36. The predicted molar refractivity (Wildman–Crippen MR) is 93.6 cm³/mol. The molecule has 24 heavy (non-hydrogen) atoms. The highest BCUT2D eigenvalue weighted by Gasteiger charge is 2.24. The number of carbonyl (C=O) groups is 2. The van der Waals surface area contributed by atoms with Gasteiger partial charge in [0.1, 0.15) is 12.4 Å². The number of thioether (sulfide) groups is 1. The molecule has 0 bridgehead atoms. The maximum atomic E-state index is 13.1. The summed E-state index contributed by atoms with van der Waals surface area (Å²) in [6.45, 7) is 1.85.